The van der Waals surface area contributed by atoms with Crippen LogP contribution in [0, 0.1) is 0 Å². The van der Waals surface area contributed by atoms with E-state index in [1.807, 2.05) is 36.8 Å². The molecule has 0 atom stereocenters. The summed E-state index contributed by atoms with van der Waals surface area (Å²) in [7, 11) is 0. The zero-order valence-corrected chi connectivity index (χ0v) is 13.5. The number of rotatable bonds is 6. The molecule has 0 fully saturated rings. The molecule has 3 aromatic rings. The van der Waals surface area contributed by atoms with E-state index in [0.29, 0.717) is 0 Å². The van der Waals surface area contributed by atoms with Gasteiger partial charge in [0.05, 0.1) is 11.9 Å². The van der Waals surface area contributed by atoms with Gasteiger partial charge >= 0.3 is 0 Å². The van der Waals surface area contributed by atoms with Crippen LogP contribution in [0.1, 0.15) is 18.9 Å². The highest BCUT2D eigenvalue weighted by atomic mass is 32.2. The zero-order valence-electron chi connectivity index (χ0n) is 12.6. The van der Waals surface area contributed by atoms with Crippen LogP contribution < -0.4 is 0 Å². The molecule has 0 aliphatic rings. The predicted octanol–water partition coefficient (Wildman–Crippen LogP) is 4.65. The molecule has 22 heavy (non-hydrogen) atoms. The minimum atomic E-state index is 0.942. The van der Waals surface area contributed by atoms with E-state index in [1.54, 1.807) is 11.8 Å². The SMILES string of the molecule is CCCn1c(-c2ccncc2)cnc1SCc1ccccc1. The fourth-order valence-electron chi connectivity index (χ4n) is 2.39. The molecule has 2 heterocycles. The van der Waals surface area contributed by atoms with Crippen LogP contribution in [0.15, 0.2) is 66.2 Å². The summed E-state index contributed by atoms with van der Waals surface area (Å²) in [5.41, 5.74) is 3.66. The fourth-order valence-corrected chi connectivity index (χ4v) is 3.35. The summed E-state index contributed by atoms with van der Waals surface area (Å²) in [6.45, 7) is 3.18. The van der Waals surface area contributed by atoms with Crippen molar-refractivity contribution >= 4 is 11.8 Å². The van der Waals surface area contributed by atoms with Crippen LogP contribution in [0.4, 0.5) is 0 Å². The Morgan fingerprint density at radius 1 is 1.05 bits per heavy atom. The standard InChI is InChI=1S/C18H19N3S/c1-2-12-21-17(16-8-10-19-11-9-16)13-20-18(21)22-14-15-6-4-3-5-7-15/h3-11,13H,2,12,14H2,1H3. The highest BCUT2D eigenvalue weighted by Gasteiger charge is 2.11. The summed E-state index contributed by atoms with van der Waals surface area (Å²) in [5, 5.41) is 1.08. The van der Waals surface area contributed by atoms with Crippen LogP contribution in [0.25, 0.3) is 11.3 Å². The smallest absolute Gasteiger partial charge is 0.168 e. The zero-order chi connectivity index (χ0) is 15.2. The number of pyridine rings is 1. The first-order chi connectivity index (χ1) is 10.9. The van der Waals surface area contributed by atoms with Crippen molar-refractivity contribution in [2.45, 2.75) is 30.8 Å². The number of hydrogen-bond acceptors (Lipinski definition) is 3. The van der Waals surface area contributed by atoms with Gasteiger partial charge in [0.15, 0.2) is 5.16 Å². The first kappa shape index (κ1) is 14.9. The lowest BCUT2D eigenvalue weighted by molar-refractivity contribution is 0.626. The molecule has 0 aliphatic carbocycles. The van der Waals surface area contributed by atoms with Gasteiger partial charge in [-0.05, 0) is 24.1 Å². The topological polar surface area (TPSA) is 30.7 Å². The van der Waals surface area contributed by atoms with Crippen LogP contribution in [-0.2, 0) is 12.3 Å². The van der Waals surface area contributed by atoms with Gasteiger partial charge in [-0.3, -0.25) is 4.98 Å². The Bertz CT molecular complexity index is 708. The molecule has 1 aromatic carbocycles. The molecule has 0 saturated carbocycles. The van der Waals surface area contributed by atoms with Gasteiger partial charge in [0.1, 0.15) is 0 Å². The first-order valence-electron chi connectivity index (χ1n) is 7.51. The van der Waals surface area contributed by atoms with Crippen molar-refractivity contribution in [2.75, 3.05) is 0 Å². The highest BCUT2D eigenvalue weighted by Crippen LogP contribution is 2.28. The maximum absolute atomic E-state index is 4.63. The predicted molar refractivity (Wildman–Crippen MR) is 91.8 cm³/mol. The molecule has 0 N–H and O–H groups in total. The monoisotopic (exact) mass is 309 g/mol. The average molecular weight is 309 g/mol. The molecule has 0 radical (unpaired) electrons. The largest absolute Gasteiger partial charge is 0.319 e. The van der Waals surface area contributed by atoms with Crippen LogP contribution >= 0.6 is 11.8 Å². The lowest BCUT2D eigenvalue weighted by Crippen LogP contribution is -2.01. The van der Waals surface area contributed by atoms with Gasteiger partial charge in [-0.15, -0.1) is 0 Å². The van der Waals surface area contributed by atoms with Crippen molar-refractivity contribution in [1.29, 1.82) is 0 Å². The minimum Gasteiger partial charge on any atom is -0.319 e. The lowest BCUT2D eigenvalue weighted by atomic mass is 10.2. The van der Waals surface area contributed by atoms with Crippen LogP contribution in [0.3, 0.4) is 0 Å². The molecule has 0 amide bonds. The van der Waals surface area contributed by atoms with E-state index >= 15 is 0 Å². The van der Waals surface area contributed by atoms with Crippen molar-refractivity contribution in [2.24, 2.45) is 0 Å². The third-order valence-electron chi connectivity index (χ3n) is 3.45. The number of nitrogens with zero attached hydrogens (tertiary/aromatic N) is 3. The van der Waals surface area contributed by atoms with Gasteiger partial charge in [-0.25, -0.2) is 4.98 Å². The molecule has 3 nitrogen and oxygen atoms in total. The molecule has 0 aliphatic heterocycles. The summed E-state index contributed by atoms with van der Waals surface area (Å²) >= 11 is 1.79. The van der Waals surface area contributed by atoms with Gasteiger partial charge in [-0.1, -0.05) is 49.0 Å². The molecular weight excluding hydrogens is 290 g/mol. The van der Waals surface area contributed by atoms with Crippen molar-refractivity contribution in [3.63, 3.8) is 0 Å². The Balaban J connectivity index is 1.84. The van der Waals surface area contributed by atoms with Crippen LogP contribution in [0.5, 0.6) is 0 Å². The van der Waals surface area contributed by atoms with E-state index < -0.39 is 0 Å². The third-order valence-corrected chi connectivity index (χ3v) is 4.51. The minimum absolute atomic E-state index is 0.942. The molecular formula is C18H19N3S. The normalized spacial score (nSPS) is 10.8. The summed E-state index contributed by atoms with van der Waals surface area (Å²) in [6.07, 6.45) is 6.72. The van der Waals surface area contributed by atoms with E-state index in [-0.39, 0.29) is 0 Å². The van der Waals surface area contributed by atoms with Crippen molar-refractivity contribution in [3.8, 4) is 11.3 Å². The van der Waals surface area contributed by atoms with Crippen LogP contribution in [-0.4, -0.2) is 14.5 Å². The van der Waals surface area contributed by atoms with Gasteiger partial charge in [0.25, 0.3) is 0 Å². The molecule has 112 valence electrons. The summed E-state index contributed by atoms with van der Waals surface area (Å²) < 4.78 is 2.31. The number of thioether (sulfide) groups is 1. The maximum Gasteiger partial charge on any atom is 0.168 e. The van der Waals surface area contributed by atoms with Gasteiger partial charge < -0.3 is 4.57 Å². The third kappa shape index (κ3) is 3.39. The van der Waals surface area contributed by atoms with E-state index in [9.17, 15) is 0 Å². The number of benzene rings is 1. The Labute approximate surface area is 135 Å². The van der Waals surface area contributed by atoms with Gasteiger partial charge in [0, 0.05) is 30.3 Å². The Kier molecular flexibility index (Phi) is 4.91. The molecule has 2 aromatic heterocycles. The molecule has 3 rings (SSSR count). The van der Waals surface area contributed by atoms with E-state index in [4.69, 9.17) is 0 Å². The number of hydrogen-bond donors (Lipinski definition) is 0. The van der Waals surface area contributed by atoms with Crippen LogP contribution in [0.2, 0.25) is 0 Å². The molecule has 0 bridgehead atoms. The maximum atomic E-state index is 4.63. The number of imidazole rings is 1. The van der Waals surface area contributed by atoms with E-state index in [0.717, 1.165) is 23.9 Å². The van der Waals surface area contributed by atoms with E-state index in [1.165, 1.54) is 16.8 Å². The van der Waals surface area contributed by atoms with E-state index in [2.05, 4.69) is 45.7 Å². The molecule has 0 unspecified atom stereocenters. The first-order valence-corrected chi connectivity index (χ1v) is 8.49. The average Bonchev–Trinajstić information content (AvgIpc) is 2.98. The second-order valence-electron chi connectivity index (χ2n) is 5.09. The number of aromatic nitrogens is 3. The van der Waals surface area contributed by atoms with Crippen molar-refractivity contribution in [3.05, 3.63) is 66.6 Å². The summed E-state index contributed by atoms with van der Waals surface area (Å²) in [5.74, 6) is 0.942. The molecule has 0 saturated heterocycles. The Hall–Kier alpha value is -2.07. The fraction of sp³-hybridized carbons (Fsp3) is 0.222. The Morgan fingerprint density at radius 3 is 2.55 bits per heavy atom. The summed E-state index contributed by atoms with van der Waals surface area (Å²) in [4.78, 5) is 8.73. The second kappa shape index (κ2) is 7.27. The van der Waals surface area contributed by atoms with Gasteiger partial charge in [-0.2, -0.15) is 0 Å². The second-order valence-corrected chi connectivity index (χ2v) is 6.03. The summed E-state index contributed by atoms with van der Waals surface area (Å²) in [6, 6.07) is 14.6. The van der Waals surface area contributed by atoms with Crippen molar-refractivity contribution < 1.29 is 0 Å². The van der Waals surface area contributed by atoms with Crippen molar-refractivity contribution in [1.82, 2.24) is 14.5 Å². The molecule has 0 spiro atoms. The Morgan fingerprint density at radius 2 is 1.82 bits per heavy atom. The van der Waals surface area contributed by atoms with Gasteiger partial charge in [0.2, 0.25) is 0 Å². The lowest BCUT2D eigenvalue weighted by Gasteiger charge is -2.10. The highest BCUT2D eigenvalue weighted by molar-refractivity contribution is 7.98. The quantitative estimate of drug-likeness (QED) is 0.621. The molecule has 4 heteroatoms.